The highest BCUT2D eigenvalue weighted by Gasteiger charge is 2.33. The van der Waals surface area contributed by atoms with Gasteiger partial charge in [-0.05, 0) is 45.7 Å². The molecule has 1 N–H and O–H groups in total. The van der Waals surface area contributed by atoms with Crippen molar-refractivity contribution in [1.29, 1.82) is 0 Å². The molecular weight excluding hydrogens is 196 g/mol. The molecule has 4 atom stereocenters. The number of likely N-dealkylation sites (N-methyl/N-ethyl adjacent to an activating group) is 2. The monoisotopic (exact) mass is 224 g/mol. The van der Waals surface area contributed by atoms with Crippen molar-refractivity contribution in [2.24, 2.45) is 5.92 Å². The summed E-state index contributed by atoms with van der Waals surface area (Å²) in [6, 6.07) is 2.38. The van der Waals surface area contributed by atoms with Crippen LogP contribution in [0.4, 0.5) is 0 Å². The summed E-state index contributed by atoms with van der Waals surface area (Å²) < 4.78 is 0. The normalized spacial score (nSPS) is 40.5. The average Bonchev–Trinajstić information content (AvgIpc) is 2.76. The molecule has 0 radical (unpaired) electrons. The van der Waals surface area contributed by atoms with Crippen molar-refractivity contribution in [2.75, 3.05) is 14.1 Å². The molecule has 2 saturated carbocycles. The zero-order chi connectivity index (χ0) is 11.5. The molecule has 0 aromatic carbocycles. The van der Waals surface area contributed by atoms with Crippen LogP contribution in [0.5, 0.6) is 0 Å². The van der Waals surface area contributed by atoms with Crippen LogP contribution < -0.4 is 5.32 Å². The van der Waals surface area contributed by atoms with E-state index >= 15 is 0 Å². The maximum absolute atomic E-state index is 3.50. The molecule has 4 unspecified atom stereocenters. The van der Waals surface area contributed by atoms with E-state index in [-0.39, 0.29) is 0 Å². The molecule has 0 bridgehead atoms. The highest BCUT2D eigenvalue weighted by molar-refractivity contribution is 4.92. The molecule has 94 valence electrons. The zero-order valence-electron chi connectivity index (χ0n) is 11.2. The minimum Gasteiger partial charge on any atom is -0.315 e. The van der Waals surface area contributed by atoms with E-state index in [1.54, 1.807) is 0 Å². The molecular formula is C14H28N2. The highest BCUT2D eigenvalue weighted by atomic mass is 15.2. The molecule has 0 aromatic heterocycles. The van der Waals surface area contributed by atoms with Gasteiger partial charge in [-0.3, -0.25) is 4.90 Å². The summed E-state index contributed by atoms with van der Waals surface area (Å²) in [4.78, 5) is 2.70. The van der Waals surface area contributed by atoms with Gasteiger partial charge in [-0.25, -0.2) is 0 Å². The molecule has 2 aliphatic carbocycles. The highest BCUT2D eigenvalue weighted by Crippen LogP contribution is 2.31. The van der Waals surface area contributed by atoms with Crippen LogP contribution in [0.15, 0.2) is 0 Å². The van der Waals surface area contributed by atoms with E-state index in [1.165, 1.54) is 44.9 Å². The minimum atomic E-state index is 0.738. The SMILES string of the molecule is CNC1CCCC1N(C)C1CCCC(C)C1. The van der Waals surface area contributed by atoms with Crippen LogP contribution in [0.2, 0.25) is 0 Å². The molecule has 0 amide bonds. The lowest BCUT2D eigenvalue weighted by atomic mass is 9.85. The third kappa shape index (κ3) is 2.60. The number of rotatable bonds is 3. The van der Waals surface area contributed by atoms with E-state index in [9.17, 15) is 0 Å². The summed E-state index contributed by atoms with van der Waals surface area (Å²) in [5.41, 5.74) is 0. The molecule has 2 nitrogen and oxygen atoms in total. The Bertz CT molecular complexity index is 217. The number of hydrogen-bond donors (Lipinski definition) is 1. The van der Waals surface area contributed by atoms with Gasteiger partial charge < -0.3 is 5.32 Å². The second-order valence-electron chi connectivity index (χ2n) is 5.98. The second kappa shape index (κ2) is 5.50. The first-order chi connectivity index (χ1) is 7.72. The summed E-state index contributed by atoms with van der Waals surface area (Å²) in [5, 5.41) is 3.50. The van der Waals surface area contributed by atoms with Gasteiger partial charge in [0.25, 0.3) is 0 Å². The first-order valence-corrected chi connectivity index (χ1v) is 7.11. The van der Waals surface area contributed by atoms with Crippen LogP contribution in [0.25, 0.3) is 0 Å². The Balaban J connectivity index is 1.92. The van der Waals surface area contributed by atoms with Gasteiger partial charge >= 0.3 is 0 Å². The molecule has 2 aliphatic rings. The summed E-state index contributed by atoms with van der Waals surface area (Å²) in [6.07, 6.45) is 9.90. The molecule has 0 aromatic rings. The third-order valence-corrected chi connectivity index (χ3v) is 4.86. The van der Waals surface area contributed by atoms with Crippen LogP contribution in [0.1, 0.15) is 51.9 Å². The molecule has 2 fully saturated rings. The standard InChI is InChI=1S/C14H28N2/c1-11-6-4-7-12(10-11)16(3)14-9-5-8-13(14)15-2/h11-15H,4-10H2,1-3H3. The predicted molar refractivity (Wildman–Crippen MR) is 69.7 cm³/mol. The lowest BCUT2D eigenvalue weighted by Crippen LogP contribution is -2.49. The van der Waals surface area contributed by atoms with Crippen LogP contribution in [-0.4, -0.2) is 37.1 Å². The fourth-order valence-electron chi connectivity index (χ4n) is 3.81. The van der Waals surface area contributed by atoms with E-state index < -0.39 is 0 Å². The summed E-state index contributed by atoms with van der Waals surface area (Å²) in [7, 11) is 4.49. The van der Waals surface area contributed by atoms with Gasteiger partial charge in [0.15, 0.2) is 0 Å². The first kappa shape index (κ1) is 12.4. The molecule has 0 saturated heterocycles. The molecule has 16 heavy (non-hydrogen) atoms. The largest absolute Gasteiger partial charge is 0.315 e. The smallest absolute Gasteiger partial charge is 0.0249 e. The van der Waals surface area contributed by atoms with Crippen LogP contribution >= 0.6 is 0 Å². The molecule has 0 spiro atoms. The van der Waals surface area contributed by atoms with Crippen LogP contribution in [0, 0.1) is 5.92 Å². The van der Waals surface area contributed by atoms with Gasteiger partial charge in [-0.1, -0.05) is 26.2 Å². The van der Waals surface area contributed by atoms with Crippen molar-refractivity contribution in [1.82, 2.24) is 10.2 Å². The van der Waals surface area contributed by atoms with Crippen LogP contribution in [-0.2, 0) is 0 Å². The maximum Gasteiger partial charge on any atom is 0.0249 e. The van der Waals surface area contributed by atoms with Crippen LogP contribution in [0.3, 0.4) is 0 Å². The van der Waals surface area contributed by atoms with Gasteiger partial charge in [0.2, 0.25) is 0 Å². The van der Waals surface area contributed by atoms with Gasteiger partial charge in [0, 0.05) is 18.1 Å². The number of nitrogens with zero attached hydrogens (tertiary/aromatic N) is 1. The molecule has 2 heteroatoms. The Kier molecular flexibility index (Phi) is 4.26. The van der Waals surface area contributed by atoms with Crippen molar-refractivity contribution >= 4 is 0 Å². The van der Waals surface area contributed by atoms with Crippen molar-refractivity contribution in [2.45, 2.75) is 70.0 Å². The fraction of sp³-hybridized carbons (Fsp3) is 1.00. The number of hydrogen-bond acceptors (Lipinski definition) is 2. The second-order valence-corrected chi connectivity index (χ2v) is 5.98. The van der Waals surface area contributed by atoms with Crippen molar-refractivity contribution in [3.05, 3.63) is 0 Å². The topological polar surface area (TPSA) is 15.3 Å². The number of nitrogens with one attached hydrogen (secondary N) is 1. The van der Waals surface area contributed by atoms with Gasteiger partial charge in [0.1, 0.15) is 0 Å². The van der Waals surface area contributed by atoms with E-state index in [4.69, 9.17) is 0 Å². The van der Waals surface area contributed by atoms with E-state index in [1.807, 2.05) is 0 Å². The molecule has 0 aliphatic heterocycles. The lowest BCUT2D eigenvalue weighted by molar-refractivity contribution is 0.107. The summed E-state index contributed by atoms with van der Waals surface area (Å²) in [6.45, 7) is 2.42. The van der Waals surface area contributed by atoms with E-state index in [0.29, 0.717) is 0 Å². The maximum atomic E-state index is 3.50. The summed E-state index contributed by atoms with van der Waals surface area (Å²) >= 11 is 0. The Hall–Kier alpha value is -0.0800. The van der Waals surface area contributed by atoms with E-state index in [0.717, 1.165) is 24.0 Å². The predicted octanol–water partition coefficient (Wildman–Crippen LogP) is 2.64. The van der Waals surface area contributed by atoms with Gasteiger partial charge in [-0.2, -0.15) is 0 Å². The van der Waals surface area contributed by atoms with E-state index in [2.05, 4.69) is 31.2 Å². The fourth-order valence-corrected chi connectivity index (χ4v) is 3.81. The third-order valence-electron chi connectivity index (χ3n) is 4.86. The first-order valence-electron chi connectivity index (χ1n) is 7.11. The minimum absolute atomic E-state index is 0.738. The van der Waals surface area contributed by atoms with Crippen molar-refractivity contribution < 1.29 is 0 Å². The Labute approximate surface area is 101 Å². The Morgan fingerprint density at radius 2 is 1.81 bits per heavy atom. The van der Waals surface area contributed by atoms with Crippen molar-refractivity contribution in [3.63, 3.8) is 0 Å². The Morgan fingerprint density at radius 3 is 2.50 bits per heavy atom. The molecule has 0 heterocycles. The quantitative estimate of drug-likeness (QED) is 0.793. The van der Waals surface area contributed by atoms with Gasteiger partial charge in [0.05, 0.1) is 0 Å². The molecule has 2 rings (SSSR count). The zero-order valence-corrected chi connectivity index (χ0v) is 11.2. The lowest BCUT2D eigenvalue weighted by Gasteiger charge is -2.39. The van der Waals surface area contributed by atoms with Crippen molar-refractivity contribution in [3.8, 4) is 0 Å². The Morgan fingerprint density at radius 1 is 1.06 bits per heavy atom. The average molecular weight is 224 g/mol. The van der Waals surface area contributed by atoms with Gasteiger partial charge in [-0.15, -0.1) is 0 Å². The summed E-state index contributed by atoms with van der Waals surface area (Å²) in [5.74, 6) is 0.940.